The Morgan fingerprint density at radius 3 is 2.33 bits per heavy atom. The Labute approximate surface area is 112 Å². The Balaban J connectivity index is 2.29. The molecule has 0 saturated carbocycles. The van der Waals surface area contributed by atoms with Gasteiger partial charge in [-0.05, 0) is 52.0 Å². The molecule has 2 N–H and O–H groups in total. The summed E-state index contributed by atoms with van der Waals surface area (Å²) in [5.41, 5.74) is 8.79. The zero-order valence-electron chi connectivity index (χ0n) is 12.2. The summed E-state index contributed by atoms with van der Waals surface area (Å²) in [5.74, 6) is 0. The van der Waals surface area contributed by atoms with Crippen LogP contribution >= 0.6 is 0 Å². The summed E-state index contributed by atoms with van der Waals surface area (Å²) in [6.07, 6.45) is 4.14. The average molecular weight is 249 g/mol. The third-order valence-electron chi connectivity index (χ3n) is 3.59. The molecule has 0 saturated heterocycles. The molecule has 2 nitrogen and oxygen atoms in total. The minimum atomic E-state index is -0.0541. The number of hydrogen-bond acceptors (Lipinski definition) is 2. The second-order valence-electron chi connectivity index (χ2n) is 5.79. The summed E-state index contributed by atoms with van der Waals surface area (Å²) in [4.78, 5) is 0. The fourth-order valence-corrected chi connectivity index (χ4v) is 1.89. The van der Waals surface area contributed by atoms with E-state index in [1.54, 1.807) is 7.11 Å². The van der Waals surface area contributed by atoms with E-state index in [9.17, 15) is 0 Å². The number of methoxy groups -OCH3 is 1. The van der Waals surface area contributed by atoms with Crippen molar-refractivity contribution in [1.29, 1.82) is 0 Å². The lowest BCUT2D eigenvalue weighted by Crippen LogP contribution is -2.28. The number of aryl methyl sites for hydroxylation is 2. The van der Waals surface area contributed by atoms with Crippen molar-refractivity contribution < 1.29 is 4.74 Å². The van der Waals surface area contributed by atoms with Gasteiger partial charge < -0.3 is 10.5 Å². The molecule has 0 fully saturated rings. The average Bonchev–Trinajstić information content (AvgIpc) is 2.36. The number of ether oxygens (including phenoxy) is 1. The van der Waals surface area contributed by atoms with Crippen LogP contribution in [0.25, 0.3) is 0 Å². The van der Waals surface area contributed by atoms with Crippen LogP contribution in [-0.4, -0.2) is 18.8 Å². The molecule has 1 aromatic rings. The quantitative estimate of drug-likeness (QED) is 0.803. The van der Waals surface area contributed by atoms with Gasteiger partial charge in [0.1, 0.15) is 0 Å². The van der Waals surface area contributed by atoms with Gasteiger partial charge in [-0.15, -0.1) is 0 Å². The van der Waals surface area contributed by atoms with Crippen LogP contribution in [0.15, 0.2) is 24.3 Å². The molecule has 18 heavy (non-hydrogen) atoms. The molecule has 0 aromatic heterocycles. The van der Waals surface area contributed by atoms with Gasteiger partial charge in [-0.3, -0.25) is 0 Å². The van der Waals surface area contributed by atoms with Gasteiger partial charge in [0.25, 0.3) is 0 Å². The maximum absolute atomic E-state index is 6.16. The lowest BCUT2D eigenvalue weighted by molar-refractivity contribution is 0.0124. The normalized spacial score (nSPS) is 13.6. The topological polar surface area (TPSA) is 35.2 Å². The van der Waals surface area contributed by atoms with Gasteiger partial charge in [-0.25, -0.2) is 0 Å². The van der Waals surface area contributed by atoms with E-state index >= 15 is 0 Å². The molecule has 1 unspecified atom stereocenters. The fourth-order valence-electron chi connectivity index (χ4n) is 1.89. The monoisotopic (exact) mass is 249 g/mol. The summed E-state index contributed by atoms with van der Waals surface area (Å²) in [6.45, 7) is 6.34. The van der Waals surface area contributed by atoms with Crippen LogP contribution in [0, 0.1) is 6.92 Å². The second-order valence-corrected chi connectivity index (χ2v) is 5.79. The Kier molecular flexibility index (Phi) is 5.83. The summed E-state index contributed by atoms with van der Waals surface area (Å²) in [6, 6.07) is 8.98. The molecule has 0 radical (unpaired) electrons. The maximum atomic E-state index is 6.16. The van der Waals surface area contributed by atoms with E-state index in [2.05, 4.69) is 45.0 Å². The van der Waals surface area contributed by atoms with Crippen LogP contribution < -0.4 is 5.73 Å². The van der Waals surface area contributed by atoms with Crippen LogP contribution in [-0.2, 0) is 11.2 Å². The number of hydrogen-bond donors (Lipinski definition) is 1. The third-order valence-corrected chi connectivity index (χ3v) is 3.59. The number of rotatable bonds is 7. The molecule has 1 aromatic carbocycles. The van der Waals surface area contributed by atoms with Crippen molar-refractivity contribution in [3.63, 3.8) is 0 Å². The SMILES string of the molecule is COC(C)(C)CCC(N)CCc1ccc(C)cc1. The van der Waals surface area contributed by atoms with Gasteiger partial charge in [0.15, 0.2) is 0 Å². The number of nitrogens with two attached hydrogens (primary N) is 1. The molecular weight excluding hydrogens is 222 g/mol. The highest BCUT2D eigenvalue weighted by atomic mass is 16.5. The van der Waals surface area contributed by atoms with Crippen molar-refractivity contribution >= 4 is 0 Å². The molecule has 0 heterocycles. The van der Waals surface area contributed by atoms with Crippen LogP contribution in [0.1, 0.15) is 44.2 Å². The predicted molar refractivity (Wildman–Crippen MR) is 77.8 cm³/mol. The van der Waals surface area contributed by atoms with Crippen molar-refractivity contribution in [3.05, 3.63) is 35.4 Å². The van der Waals surface area contributed by atoms with E-state index < -0.39 is 0 Å². The zero-order chi connectivity index (χ0) is 13.6. The molecule has 0 bridgehead atoms. The summed E-state index contributed by atoms with van der Waals surface area (Å²) in [7, 11) is 1.76. The van der Waals surface area contributed by atoms with Crippen molar-refractivity contribution in [2.75, 3.05) is 7.11 Å². The Morgan fingerprint density at radius 2 is 1.78 bits per heavy atom. The lowest BCUT2D eigenvalue weighted by Gasteiger charge is -2.24. The highest BCUT2D eigenvalue weighted by molar-refractivity contribution is 5.21. The van der Waals surface area contributed by atoms with E-state index in [0.717, 1.165) is 25.7 Å². The first kappa shape index (κ1) is 15.2. The molecule has 102 valence electrons. The molecule has 0 amide bonds. The predicted octanol–water partition coefficient (Wildman–Crippen LogP) is 3.46. The highest BCUT2D eigenvalue weighted by Crippen LogP contribution is 2.17. The molecule has 0 aliphatic rings. The van der Waals surface area contributed by atoms with Crippen molar-refractivity contribution in [1.82, 2.24) is 0 Å². The standard InChI is InChI=1S/C16H27NO/c1-13-5-7-14(8-6-13)9-10-15(17)11-12-16(2,3)18-4/h5-8,15H,9-12,17H2,1-4H3. The van der Waals surface area contributed by atoms with Crippen LogP contribution in [0.5, 0.6) is 0 Å². The minimum Gasteiger partial charge on any atom is -0.379 e. The second kappa shape index (κ2) is 6.91. The Morgan fingerprint density at radius 1 is 1.17 bits per heavy atom. The molecular formula is C16H27NO. The molecule has 0 aliphatic heterocycles. The third kappa shape index (κ3) is 5.65. The number of benzene rings is 1. The van der Waals surface area contributed by atoms with Crippen molar-refractivity contribution in [2.45, 2.75) is 58.1 Å². The summed E-state index contributed by atoms with van der Waals surface area (Å²) >= 11 is 0. The van der Waals surface area contributed by atoms with Crippen LogP contribution in [0.4, 0.5) is 0 Å². The van der Waals surface area contributed by atoms with E-state index in [1.807, 2.05) is 0 Å². The van der Waals surface area contributed by atoms with Crippen molar-refractivity contribution in [3.8, 4) is 0 Å². The van der Waals surface area contributed by atoms with Gasteiger partial charge in [-0.1, -0.05) is 29.8 Å². The lowest BCUT2D eigenvalue weighted by atomic mass is 9.96. The molecule has 1 rings (SSSR count). The van der Waals surface area contributed by atoms with Gasteiger partial charge in [0.2, 0.25) is 0 Å². The minimum absolute atomic E-state index is 0.0541. The van der Waals surface area contributed by atoms with E-state index in [4.69, 9.17) is 10.5 Å². The Bertz CT molecular complexity index is 343. The van der Waals surface area contributed by atoms with Gasteiger partial charge >= 0.3 is 0 Å². The maximum Gasteiger partial charge on any atom is 0.0623 e. The zero-order valence-corrected chi connectivity index (χ0v) is 12.2. The van der Waals surface area contributed by atoms with E-state index in [0.29, 0.717) is 0 Å². The molecule has 0 spiro atoms. The smallest absolute Gasteiger partial charge is 0.0623 e. The fraction of sp³-hybridized carbons (Fsp3) is 0.625. The van der Waals surface area contributed by atoms with Gasteiger partial charge in [0.05, 0.1) is 5.60 Å². The molecule has 2 heteroatoms. The van der Waals surface area contributed by atoms with Gasteiger partial charge in [-0.2, -0.15) is 0 Å². The first-order valence-electron chi connectivity index (χ1n) is 6.79. The summed E-state index contributed by atoms with van der Waals surface area (Å²) < 4.78 is 5.41. The largest absolute Gasteiger partial charge is 0.379 e. The first-order valence-corrected chi connectivity index (χ1v) is 6.79. The summed E-state index contributed by atoms with van der Waals surface area (Å²) in [5, 5.41) is 0. The van der Waals surface area contributed by atoms with E-state index in [1.165, 1.54) is 11.1 Å². The van der Waals surface area contributed by atoms with Crippen LogP contribution in [0.2, 0.25) is 0 Å². The highest BCUT2D eigenvalue weighted by Gasteiger charge is 2.17. The first-order chi connectivity index (χ1) is 8.43. The van der Waals surface area contributed by atoms with Crippen molar-refractivity contribution in [2.24, 2.45) is 5.73 Å². The van der Waals surface area contributed by atoms with Crippen LogP contribution in [0.3, 0.4) is 0 Å². The molecule has 1 atom stereocenters. The Hall–Kier alpha value is -0.860. The van der Waals surface area contributed by atoms with E-state index in [-0.39, 0.29) is 11.6 Å². The van der Waals surface area contributed by atoms with Gasteiger partial charge in [0, 0.05) is 13.2 Å². The molecule has 0 aliphatic carbocycles.